The first-order valence-corrected chi connectivity index (χ1v) is 6.79. The van der Waals surface area contributed by atoms with E-state index in [-0.39, 0.29) is 0 Å². The number of para-hydroxylation sites is 1. The molecule has 2 rings (SSSR count). The zero-order valence-corrected chi connectivity index (χ0v) is 10.4. The lowest BCUT2D eigenvalue weighted by molar-refractivity contribution is 0.0698. The lowest BCUT2D eigenvalue weighted by Crippen LogP contribution is -2.03. The average Bonchev–Trinajstić information content (AvgIpc) is 2.73. The number of fused-ring (bicyclic) bond motifs is 1. The highest BCUT2D eigenvalue weighted by atomic mass is 32.2. The molecule has 4 nitrogen and oxygen atoms in total. The largest absolute Gasteiger partial charge is 0.478 e. The second kappa shape index (κ2) is 5.23. The Labute approximate surface area is 104 Å². The summed E-state index contributed by atoms with van der Waals surface area (Å²) in [5.41, 5.74) is 1.79. The van der Waals surface area contributed by atoms with E-state index in [4.69, 9.17) is 5.11 Å². The van der Waals surface area contributed by atoms with Crippen molar-refractivity contribution in [3.05, 3.63) is 30.1 Å². The zero-order chi connectivity index (χ0) is 12.3. The monoisotopic (exact) mass is 250 g/mol. The van der Waals surface area contributed by atoms with E-state index in [1.54, 1.807) is 30.2 Å². The van der Waals surface area contributed by atoms with E-state index >= 15 is 0 Å². The molecule has 1 heterocycles. The number of aromatic nitrogens is 2. The Morgan fingerprint density at radius 3 is 3.06 bits per heavy atom. The third-order valence-corrected chi connectivity index (χ3v) is 3.31. The van der Waals surface area contributed by atoms with Crippen molar-refractivity contribution in [2.45, 2.75) is 13.0 Å². The van der Waals surface area contributed by atoms with Crippen LogP contribution in [0.25, 0.3) is 11.0 Å². The number of hydrogen-bond acceptors (Lipinski definition) is 3. The number of imidazole rings is 1. The van der Waals surface area contributed by atoms with Crippen LogP contribution >= 0.6 is 11.8 Å². The summed E-state index contributed by atoms with van der Waals surface area (Å²) in [7, 11) is 0. The van der Waals surface area contributed by atoms with Crippen LogP contribution in [0.2, 0.25) is 0 Å². The van der Waals surface area contributed by atoms with Gasteiger partial charge in [0.05, 0.1) is 22.9 Å². The van der Waals surface area contributed by atoms with Gasteiger partial charge in [-0.25, -0.2) is 9.78 Å². The van der Waals surface area contributed by atoms with Crippen molar-refractivity contribution in [3.8, 4) is 0 Å². The predicted octanol–water partition coefficient (Wildman–Crippen LogP) is 2.49. The Morgan fingerprint density at radius 1 is 1.53 bits per heavy atom. The number of thioether (sulfide) groups is 1. The molecular weight excluding hydrogens is 236 g/mol. The summed E-state index contributed by atoms with van der Waals surface area (Å²) in [4.78, 5) is 15.4. The minimum absolute atomic E-state index is 0.323. The molecule has 5 heteroatoms. The van der Waals surface area contributed by atoms with Crippen LogP contribution in [0.3, 0.4) is 0 Å². The summed E-state index contributed by atoms with van der Waals surface area (Å²) in [5, 5.41) is 9.15. The molecule has 0 aliphatic rings. The number of nitrogens with zero attached hydrogens (tertiary/aromatic N) is 2. The Kier molecular flexibility index (Phi) is 3.68. The maximum atomic E-state index is 11.1. The minimum Gasteiger partial charge on any atom is -0.478 e. The fourth-order valence-corrected chi connectivity index (χ4v) is 2.27. The lowest BCUT2D eigenvalue weighted by Gasteiger charge is -2.05. The Morgan fingerprint density at radius 2 is 2.35 bits per heavy atom. The third kappa shape index (κ3) is 2.44. The molecule has 0 bridgehead atoms. The molecule has 0 spiro atoms. The quantitative estimate of drug-likeness (QED) is 0.828. The van der Waals surface area contributed by atoms with E-state index in [2.05, 4.69) is 11.2 Å². The third-order valence-electron chi connectivity index (χ3n) is 2.62. The molecule has 1 aromatic carbocycles. The highest BCUT2D eigenvalue weighted by Crippen LogP contribution is 2.18. The van der Waals surface area contributed by atoms with Crippen LogP contribution < -0.4 is 0 Å². The molecule has 0 unspecified atom stereocenters. The fourth-order valence-electron chi connectivity index (χ4n) is 1.85. The number of hydrogen-bond donors (Lipinski definition) is 1. The fraction of sp³-hybridized carbons (Fsp3) is 0.333. The van der Waals surface area contributed by atoms with Gasteiger partial charge in [0, 0.05) is 6.54 Å². The van der Waals surface area contributed by atoms with Crippen molar-refractivity contribution in [2.75, 3.05) is 12.0 Å². The van der Waals surface area contributed by atoms with Gasteiger partial charge >= 0.3 is 5.97 Å². The number of aryl methyl sites for hydroxylation is 1. The normalized spacial score (nSPS) is 10.9. The Balaban J connectivity index is 2.39. The molecule has 0 aliphatic carbocycles. The first-order valence-electron chi connectivity index (χ1n) is 5.40. The van der Waals surface area contributed by atoms with E-state index in [0.29, 0.717) is 5.56 Å². The maximum absolute atomic E-state index is 11.1. The highest BCUT2D eigenvalue weighted by molar-refractivity contribution is 7.98. The maximum Gasteiger partial charge on any atom is 0.337 e. The van der Waals surface area contributed by atoms with Crippen LogP contribution in [0.15, 0.2) is 24.5 Å². The molecule has 0 saturated carbocycles. The second-order valence-corrected chi connectivity index (χ2v) is 4.75. The van der Waals surface area contributed by atoms with Crippen molar-refractivity contribution in [1.29, 1.82) is 0 Å². The number of benzene rings is 1. The molecule has 17 heavy (non-hydrogen) atoms. The Hall–Kier alpha value is -1.49. The van der Waals surface area contributed by atoms with Crippen LogP contribution in [0, 0.1) is 0 Å². The molecular formula is C12H14N2O2S. The minimum atomic E-state index is -0.901. The van der Waals surface area contributed by atoms with E-state index in [0.717, 1.165) is 29.8 Å². The molecule has 0 atom stereocenters. The Bertz CT molecular complexity index is 536. The smallest absolute Gasteiger partial charge is 0.337 e. The average molecular weight is 250 g/mol. The first kappa shape index (κ1) is 12.0. The molecule has 0 fully saturated rings. The van der Waals surface area contributed by atoms with Gasteiger partial charge in [-0.2, -0.15) is 11.8 Å². The predicted molar refractivity (Wildman–Crippen MR) is 69.7 cm³/mol. The number of carboxylic acids is 1. The van der Waals surface area contributed by atoms with Gasteiger partial charge in [0.25, 0.3) is 0 Å². The van der Waals surface area contributed by atoms with Gasteiger partial charge in [0.2, 0.25) is 0 Å². The van der Waals surface area contributed by atoms with Gasteiger partial charge in [-0.1, -0.05) is 6.07 Å². The van der Waals surface area contributed by atoms with E-state index in [9.17, 15) is 4.79 Å². The van der Waals surface area contributed by atoms with Gasteiger partial charge in [-0.15, -0.1) is 0 Å². The summed E-state index contributed by atoms with van der Waals surface area (Å²) in [6.45, 7) is 0.807. The van der Waals surface area contributed by atoms with Gasteiger partial charge in [0.1, 0.15) is 0 Å². The van der Waals surface area contributed by atoms with Gasteiger partial charge in [-0.3, -0.25) is 0 Å². The SMILES string of the molecule is CSCCCn1cnc2cccc(C(=O)O)c21. The number of rotatable bonds is 5. The van der Waals surface area contributed by atoms with Gasteiger partial charge in [0.15, 0.2) is 0 Å². The van der Waals surface area contributed by atoms with Gasteiger partial charge in [-0.05, 0) is 30.6 Å². The van der Waals surface area contributed by atoms with E-state index < -0.39 is 5.97 Å². The topological polar surface area (TPSA) is 55.1 Å². The molecule has 1 N–H and O–H groups in total. The van der Waals surface area contributed by atoms with E-state index in [1.165, 1.54) is 0 Å². The summed E-state index contributed by atoms with van der Waals surface area (Å²) < 4.78 is 1.93. The molecule has 90 valence electrons. The second-order valence-electron chi connectivity index (χ2n) is 3.76. The molecule has 2 aromatic rings. The number of aromatic carboxylic acids is 1. The van der Waals surface area contributed by atoms with Crippen LogP contribution in [0.5, 0.6) is 0 Å². The van der Waals surface area contributed by atoms with Crippen molar-refractivity contribution >= 4 is 28.8 Å². The van der Waals surface area contributed by atoms with Gasteiger partial charge < -0.3 is 9.67 Å². The number of carboxylic acid groups (broad SMARTS) is 1. The molecule has 0 aliphatic heterocycles. The van der Waals surface area contributed by atoms with Crippen LogP contribution in [-0.2, 0) is 6.54 Å². The molecule has 0 amide bonds. The first-order chi connectivity index (χ1) is 8.24. The molecule has 0 radical (unpaired) electrons. The van der Waals surface area contributed by atoms with E-state index in [1.807, 2.05) is 10.6 Å². The number of carbonyl (C=O) groups is 1. The summed E-state index contributed by atoms with van der Waals surface area (Å²) in [6.07, 6.45) is 4.80. The highest BCUT2D eigenvalue weighted by Gasteiger charge is 2.12. The van der Waals surface area contributed by atoms with Crippen LogP contribution in [0.4, 0.5) is 0 Å². The van der Waals surface area contributed by atoms with Crippen molar-refractivity contribution < 1.29 is 9.90 Å². The standard InChI is InChI=1S/C12H14N2O2S/c1-17-7-3-6-14-8-13-10-5-2-4-9(11(10)14)12(15)16/h2,4-5,8H,3,6-7H2,1H3,(H,15,16). The lowest BCUT2D eigenvalue weighted by atomic mass is 10.2. The summed E-state index contributed by atoms with van der Waals surface area (Å²) in [5.74, 6) is 0.164. The van der Waals surface area contributed by atoms with Crippen LogP contribution in [0.1, 0.15) is 16.8 Å². The van der Waals surface area contributed by atoms with Crippen molar-refractivity contribution in [1.82, 2.24) is 9.55 Å². The summed E-state index contributed by atoms with van der Waals surface area (Å²) in [6, 6.07) is 5.19. The molecule has 1 aromatic heterocycles. The van der Waals surface area contributed by atoms with Crippen molar-refractivity contribution in [3.63, 3.8) is 0 Å². The van der Waals surface area contributed by atoms with Crippen LogP contribution in [-0.4, -0.2) is 32.6 Å². The summed E-state index contributed by atoms with van der Waals surface area (Å²) >= 11 is 1.79. The zero-order valence-electron chi connectivity index (χ0n) is 9.59. The van der Waals surface area contributed by atoms with Crippen molar-refractivity contribution in [2.24, 2.45) is 0 Å². The molecule has 0 saturated heterocycles.